The number of carbonyl (C=O) groups excluding carboxylic acids is 4. The number of carbonyl (C=O) groups is 6. The number of carboxylic acids is 2. The Kier molecular flexibility index (Phi) is 13.3. The van der Waals surface area contributed by atoms with Gasteiger partial charge in [0.25, 0.3) is 0 Å². The minimum absolute atomic E-state index is 0.186. The number of H-pyrrole nitrogens is 1. The van der Waals surface area contributed by atoms with Gasteiger partial charge in [0.15, 0.2) is 0 Å². The van der Waals surface area contributed by atoms with Crippen molar-refractivity contribution in [1.29, 1.82) is 0 Å². The second-order valence-electron chi connectivity index (χ2n) is 8.30. The molecule has 0 spiro atoms. The number of nitrogens with two attached hydrogens (primary N) is 3. The molecule has 4 atom stereocenters. The van der Waals surface area contributed by atoms with E-state index in [-0.39, 0.29) is 25.7 Å². The molecule has 1 heterocycles. The zero-order chi connectivity index (χ0) is 28.0. The third-order valence-corrected chi connectivity index (χ3v) is 5.22. The molecule has 0 saturated heterocycles. The van der Waals surface area contributed by atoms with Crippen LogP contribution in [0.4, 0.5) is 0 Å². The Morgan fingerprint density at radius 3 is 2.08 bits per heavy atom. The number of primary amides is 1. The Morgan fingerprint density at radius 2 is 1.54 bits per heavy atom. The number of unbranched alkanes of at least 4 members (excludes halogenated alkanes) is 1. The van der Waals surface area contributed by atoms with E-state index in [0.717, 1.165) is 0 Å². The molecule has 0 aliphatic rings. The zero-order valence-electron chi connectivity index (χ0n) is 20.1. The first-order chi connectivity index (χ1) is 17.4. The van der Waals surface area contributed by atoms with Crippen LogP contribution < -0.4 is 33.2 Å². The van der Waals surface area contributed by atoms with Crippen LogP contribution in [0.1, 0.15) is 44.2 Å². The van der Waals surface area contributed by atoms with Crippen molar-refractivity contribution in [2.45, 2.75) is 69.1 Å². The zero-order valence-corrected chi connectivity index (χ0v) is 20.1. The fraction of sp³-hybridized carbons (Fsp3) is 0.571. The molecule has 0 aliphatic carbocycles. The summed E-state index contributed by atoms with van der Waals surface area (Å²) in [6.07, 6.45) is 2.52. The van der Waals surface area contributed by atoms with Gasteiger partial charge in [0.2, 0.25) is 23.6 Å². The van der Waals surface area contributed by atoms with Gasteiger partial charge in [0, 0.05) is 24.7 Å². The lowest BCUT2D eigenvalue weighted by molar-refractivity contribution is -0.143. The van der Waals surface area contributed by atoms with E-state index in [1.165, 1.54) is 12.5 Å². The fourth-order valence-electron chi connectivity index (χ4n) is 3.22. The molecule has 1 aromatic rings. The highest BCUT2D eigenvalue weighted by atomic mass is 16.4. The predicted octanol–water partition coefficient (Wildman–Crippen LogP) is -3.31. The maximum absolute atomic E-state index is 12.9. The van der Waals surface area contributed by atoms with E-state index in [9.17, 15) is 39.0 Å². The highest BCUT2D eigenvalue weighted by molar-refractivity contribution is 5.95. The maximum atomic E-state index is 12.9. The highest BCUT2D eigenvalue weighted by Gasteiger charge is 2.32. The van der Waals surface area contributed by atoms with Gasteiger partial charge in [-0.15, -0.1) is 0 Å². The lowest BCUT2D eigenvalue weighted by Gasteiger charge is -2.24. The number of hydrogen-bond donors (Lipinski definition) is 9. The first-order valence-electron chi connectivity index (χ1n) is 11.5. The Labute approximate surface area is 212 Å². The van der Waals surface area contributed by atoms with Crippen molar-refractivity contribution in [3.8, 4) is 0 Å². The van der Waals surface area contributed by atoms with Crippen molar-refractivity contribution in [2.24, 2.45) is 17.2 Å². The molecule has 16 heteroatoms. The topological polar surface area (TPSA) is 286 Å². The van der Waals surface area contributed by atoms with E-state index >= 15 is 0 Å². The van der Waals surface area contributed by atoms with Gasteiger partial charge in [-0.25, -0.2) is 9.78 Å². The number of nitrogens with zero attached hydrogens (tertiary/aromatic N) is 1. The molecule has 0 fully saturated rings. The SMILES string of the molecule is NCCCCC(N)C(=O)NC(CCC(N)=O)C(=O)NC(CC(=O)O)C(=O)NC(Cc1cnc[nH]1)C(=O)O. The quantitative estimate of drug-likeness (QED) is 0.0853. The number of carboxylic acid groups (broad SMARTS) is 2. The molecule has 1 aromatic heterocycles. The van der Waals surface area contributed by atoms with Crippen LogP contribution in [0.25, 0.3) is 0 Å². The number of aliphatic carboxylic acids is 2. The molecule has 4 unspecified atom stereocenters. The molecule has 37 heavy (non-hydrogen) atoms. The summed E-state index contributed by atoms with van der Waals surface area (Å²) >= 11 is 0. The standard InChI is InChI=1S/C21H34N8O8/c22-6-2-1-3-12(23)18(33)27-13(4-5-16(24)30)19(34)28-14(8-17(31)32)20(35)29-15(21(36)37)7-11-9-25-10-26-11/h9-10,12-15H,1-8,22-23H2,(H2,24,30)(H,25,26)(H,27,33)(H,28,34)(H,29,35)(H,31,32)(H,36,37). The summed E-state index contributed by atoms with van der Waals surface area (Å²) in [6, 6.07) is -5.50. The molecule has 0 aromatic carbocycles. The molecule has 16 nitrogen and oxygen atoms in total. The lowest BCUT2D eigenvalue weighted by atomic mass is 10.1. The third-order valence-electron chi connectivity index (χ3n) is 5.22. The van der Waals surface area contributed by atoms with Gasteiger partial charge in [-0.1, -0.05) is 6.42 Å². The number of aromatic amines is 1. The number of imidazole rings is 1. The number of aromatic nitrogens is 2. The molecule has 206 valence electrons. The van der Waals surface area contributed by atoms with Gasteiger partial charge in [0.05, 0.1) is 18.8 Å². The average Bonchev–Trinajstić information content (AvgIpc) is 3.33. The summed E-state index contributed by atoms with van der Waals surface area (Å²) in [5, 5.41) is 25.4. The molecular weight excluding hydrogens is 492 g/mol. The Morgan fingerprint density at radius 1 is 0.919 bits per heavy atom. The van der Waals surface area contributed by atoms with Crippen LogP contribution in [0.2, 0.25) is 0 Å². The Bertz CT molecular complexity index is 939. The van der Waals surface area contributed by atoms with Gasteiger partial charge >= 0.3 is 11.9 Å². The van der Waals surface area contributed by atoms with Crippen molar-refractivity contribution < 1.29 is 39.0 Å². The minimum Gasteiger partial charge on any atom is -0.481 e. The summed E-state index contributed by atoms with van der Waals surface area (Å²) in [6.45, 7) is 0.412. The average molecular weight is 527 g/mol. The summed E-state index contributed by atoms with van der Waals surface area (Å²) in [4.78, 5) is 78.7. The van der Waals surface area contributed by atoms with Gasteiger partial charge in [0.1, 0.15) is 18.1 Å². The second kappa shape index (κ2) is 15.8. The van der Waals surface area contributed by atoms with Crippen LogP contribution in [-0.2, 0) is 35.2 Å². The van der Waals surface area contributed by atoms with Crippen LogP contribution in [-0.4, -0.2) is 86.5 Å². The Balaban J connectivity index is 2.97. The highest BCUT2D eigenvalue weighted by Crippen LogP contribution is 2.05. The molecular formula is C21H34N8O8. The number of nitrogens with one attached hydrogen (secondary N) is 4. The van der Waals surface area contributed by atoms with Crippen molar-refractivity contribution in [2.75, 3.05) is 6.54 Å². The summed E-state index contributed by atoms with van der Waals surface area (Å²) in [7, 11) is 0. The van der Waals surface area contributed by atoms with E-state index in [0.29, 0.717) is 25.1 Å². The van der Waals surface area contributed by atoms with E-state index < -0.39 is 66.2 Å². The van der Waals surface area contributed by atoms with E-state index in [2.05, 4.69) is 25.9 Å². The van der Waals surface area contributed by atoms with Crippen LogP contribution in [0, 0.1) is 0 Å². The number of amides is 4. The third kappa shape index (κ3) is 12.0. The van der Waals surface area contributed by atoms with Gasteiger partial charge in [-0.3, -0.25) is 24.0 Å². The maximum Gasteiger partial charge on any atom is 0.326 e. The van der Waals surface area contributed by atoms with Gasteiger partial charge in [-0.2, -0.15) is 0 Å². The molecule has 0 saturated carbocycles. The van der Waals surface area contributed by atoms with Crippen molar-refractivity contribution in [3.63, 3.8) is 0 Å². The first kappa shape index (κ1) is 31.0. The van der Waals surface area contributed by atoms with Crippen molar-refractivity contribution in [3.05, 3.63) is 18.2 Å². The van der Waals surface area contributed by atoms with Gasteiger partial charge < -0.3 is 48.3 Å². The molecule has 0 bridgehead atoms. The minimum atomic E-state index is -1.69. The number of hydrogen-bond acceptors (Lipinski definition) is 9. The Hall–Kier alpha value is -4.05. The lowest BCUT2D eigenvalue weighted by Crippen LogP contribution is -2.57. The van der Waals surface area contributed by atoms with E-state index in [1.54, 1.807) is 0 Å². The first-order valence-corrected chi connectivity index (χ1v) is 11.5. The molecule has 0 aliphatic heterocycles. The molecule has 1 rings (SSSR count). The van der Waals surface area contributed by atoms with Crippen LogP contribution in [0.5, 0.6) is 0 Å². The number of rotatable bonds is 18. The second-order valence-corrected chi connectivity index (χ2v) is 8.30. The normalized spacial score (nSPS) is 14.0. The largest absolute Gasteiger partial charge is 0.481 e. The van der Waals surface area contributed by atoms with E-state index in [1.807, 2.05) is 0 Å². The summed E-state index contributed by atoms with van der Waals surface area (Å²) in [5.74, 6) is -6.39. The van der Waals surface area contributed by atoms with Crippen LogP contribution in [0.15, 0.2) is 12.5 Å². The van der Waals surface area contributed by atoms with Crippen LogP contribution >= 0.6 is 0 Å². The van der Waals surface area contributed by atoms with Gasteiger partial charge in [-0.05, 0) is 25.8 Å². The van der Waals surface area contributed by atoms with E-state index in [4.69, 9.17) is 17.2 Å². The van der Waals surface area contributed by atoms with Crippen LogP contribution in [0.3, 0.4) is 0 Å². The molecule has 0 radical (unpaired) electrons. The predicted molar refractivity (Wildman–Crippen MR) is 127 cm³/mol. The smallest absolute Gasteiger partial charge is 0.326 e. The monoisotopic (exact) mass is 526 g/mol. The fourth-order valence-corrected chi connectivity index (χ4v) is 3.22. The van der Waals surface area contributed by atoms with Crippen molar-refractivity contribution >= 4 is 35.6 Å². The summed E-state index contributed by atoms with van der Waals surface area (Å²) in [5.41, 5.74) is 16.8. The molecule has 4 amide bonds. The summed E-state index contributed by atoms with van der Waals surface area (Å²) < 4.78 is 0. The molecule has 12 N–H and O–H groups in total. The van der Waals surface area contributed by atoms with Crippen molar-refractivity contribution in [1.82, 2.24) is 25.9 Å².